The number of quaternary nitrogens is 1. The minimum Gasteiger partial charge on any atom is -1.00 e. The standard InChI is InChI=1S/C20H26N4O4S.ClH/c1-23-11-13-24(2,14-12-23)15-19(26)21-17-9-6-10-18(25)20(17)22-29(27,28)16-7-4-3-5-8-16;/h3-10,22H,11-15H2,1-2H3,(H-,21,25,26);1H. The van der Waals surface area contributed by atoms with Gasteiger partial charge >= 0.3 is 0 Å². The number of benzene rings is 2. The fourth-order valence-corrected chi connectivity index (χ4v) is 4.40. The number of anilines is 2. The van der Waals surface area contributed by atoms with Crippen LogP contribution in [0, 0.1) is 0 Å². The second-order valence-electron chi connectivity index (χ2n) is 7.69. The number of piperazine rings is 1. The lowest BCUT2D eigenvalue weighted by molar-refractivity contribution is -0.905. The molecule has 0 aromatic heterocycles. The summed E-state index contributed by atoms with van der Waals surface area (Å²) in [6.45, 7) is 3.82. The van der Waals surface area contributed by atoms with Crippen LogP contribution in [-0.2, 0) is 14.8 Å². The summed E-state index contributed by atoms with van der Waals surface area (Å²) in [5.74, 6) is -0.495. The molecule has 1 fully saturated rings. The number of hydrogen-bond donors (Lipinski definition) is 3. The minimum atomic E-state index is -3.91. The predicted molar refractivity (Wildman–Crippen MR) is 112 cm³/mol. The third-order valence-corrected chi connectivity index (χ3v) is 6.54. The highest BCUT2D eigenvalue weighted by Gasteiger charge is 2.30. The molecule has 0 atom stereocenters. The fourth-order valence-electron chi connectivity index (χ4n) is 3.29. The first-order valence-corrected chi connectivity index (χ1v) is 10.9. The van der Waals surface area contributed by atoms with Crippen LogP contribution in [0.2, 0.25) is 0 Å². The van der Waals surface area contributed by atoms with Crippen LogP contribution in [0.5, 0.6) is 5.75 Å². The van der Waals surface area contributed by atoms with Crippen molar-refractivity contribution in [2.75, 3.05) is 56.9 Å². The molecule has 164 valence electrons. The number of para-hydroxylation sites is 1. The van der Waals surface area contributed by atoms with Crippen LogP contribution < -0.4 is 22.4 Å². The SMILES string of the molecule is CN1CC[N+](C)(CC(=O)Nc2cccc(O)c2NS(=O)(=O)c2ccccc2)CC1.[Cl-]. The van der Waals surface area contributed by atoms with Gasteiger partial charge in [0.25, 0.3) is 15.9 Å². The van der Waals surface area contributed by atoms with Crippen LogP contribution in [0.15, 0.2) is 53.4 Å². The highest BCUT2D eigenvalue weighted by atomic mass is 35.5. The zero-order valence-corrected chi connectivity index (χ0v) is 18.6. The molecule has 10 heteroatoms. The number of sulfonamides is 1. The summed E-state index contributed by atoms with van der Waals surface area (Å²) in [5, 5.41) is 13.0. The molecule has 1 saturated heterocycles. The van der Waals surface area contributed by atoms with Gasteiger partial charge in [0, 0.05) is 13.1 Å². The molecule has 30 heavy (non-hydrogen) atoms. The molecule has 0 saturated carbocycles. The van der Waals surface area contributed by atoms with Gasteiger partial charge in [-0.1, -0.05) is 24.3 Å². The van der Waals surface area contributed by atoms with Crippen molar-refractivity contribution in [1.29, 1.82) is 0 Å². The van der Waals surface area contributed by atoms with E-state index < -0.39 is 10.0 Å². The first-order valence-electron chi connectivity index (χ1n) is 9.40. The van der Waals surface area contributed by atoms with Gasteiger partial charge in [0.1, 0.15) is 11.4 Å². The van der Waals surface area contributed by atoms with Crippen molar-refractivity contribution in [1.82, 2.24) is 4.90 Å². The van der Waals surface area contributed by atoms with E-state index in [1.165, 1.54) is 18.2 Å². The van der Waals surface area contributed by atoms with E-state index in [2.05, 4.69) is 22.0 Å². The molecule has 0 radical (unpaired) electrons. The van der Waals surface area contributed by atoms with E-state index in [4.69, 9.17) is 0 Å². The van der Waals surface area contributed by atoms with Crippen molar-refractivity contribution in [3.05, 3.63) is 48.5 Å². The van der Waals surface area contributed by atoms with Crippen molar-refractivity contribution < 1.29 is 35.2 Å². The lowest BCUT2D eigenvalue weighted by Gasteiger charge is -2.40. The Morgan fingerprint density at radius 3 is 2.37 bits per heavy atom. The van der Waals surface area contributed by atoms with Crippen LogP contribution in [0.4, 0.5) is 11.4 Å². The molecule has 2 aromatic carbocycles. The largest absolute Gasteiger partial charge is 1.00 e. The lowest BCUT2D eigenvalue weighted by atomic mass is 10.2. The van der Waals surface area contributed by atoms with Gasteiger partial charge in [0.15, 0.2) is 6.54 Å². The van der Waals surface area contributed by atoms with Crippen molar-refractivity contribution in [3.8, 4) is 5.75 Å². The number of hydrogen-bond acceptors (Lipinski definition) is 5. The van der Waals surface area contributed by atoms with Crippen molar-refractivity contribution in [2.45, 2.75) is 4.90 Å². The van der Waals surface area contributed by atoms with Crippen LogP contribution in [0.25, 0.3) is 0 Å². The monoisotopic (exact) mass is 454 g/mol. The number of nitrogens with zero attached hydrogens (tertiary/aromatic N) is 2. The normalized spacial score (nSPS) is 16.3. The molecule has 8 nitrogen and oxygen atoms in total. The predicted octanol–water partition coefficient (Wildman–Crippen LogP) is -1.47. The van der Waals surface area contributed by atoms with Gasteiger partial charge in [0.2, 0.25) is 0 Å². The maximum atomic E-state index is 12.7. The van der Waals surface area contributed by atoms with Crippen LogP contribution >= 0.6 is 0 Å². The molecule has 3 N–H and O–H groups in total. The Morgan fingerprint density at radius 2 is 1.73 bits per heavy atom. The molecule has 0 bridgehead atoms. The number of likely N-dealkylation sites (N-methyl/N-ethyl adjacent to an activating group) is 2. The Kier molecular flexibility index (Phi) is 7.70. The van der Waals surface area contributed by atoms with E-state index in [-0.39, 0.29) is 46.9 Å². The molecule has 1 aliphatic rings. The number of rotatable bonds is 6. The van der Waals surface area contributed by atoms with Gasteiger partial charge in [-0.05, 0) is 31.3 Å². The Balaban J connectivity index is 0.00000320. The summed E-state index contributed by atoms with van der Waals surface area (Å²) in [7, 11) is 0.183. The number of phenols is 1. The Morgan fingerprint density at radius 1 is 1.10 bits per heavy atom. The van der Waals surface area contributed by atoms with Gasteiger partial charge < -0.3 is 27.3 Å². The average Bonchev–Trinajstić information content (AvgIpc) is 2.68. The van der Waals surface area contributed by atoms with Gasteiger partial charge in [0.05, 0.1) is 30.7 Å². The summed E-state index contributed by atoms with van der Waals surface area (Å²) in [5.41, 5.74) is 0.168. The van der Waals surface area contributed by atoms with E-state index in [1.54, 1.807) is 30.3 Å². The number of phenolic OH excluding ortho intramolecular Hbond substituents is 1. The molecular weight excluding hydrogens is 428 g/mol. The number of nitrogens with one attached hydrogen (secondary N) is 2. The molecule has 0 aliphatic carbocycles. The molecular formula is C20H27ClN4O4S. The summed E-state index contributed by atoms with van der Waals surface area (Å²) < 4.78 is 28.3. The Bertz CT molecular complexity index is 978. The van der Waals surface area contributed by atoms with Gasteiger partial charge in [-0.25, -0.2) is 8.42 Å². The lowest BCUT2D eigenvalue weighted by Crippen LogP contribution is -3.00. The smallest absolute Gasteiger partial charge is 0.279 e. The second kappa shape index (κ2) is 9.65. The summed E-state index contributed by atoms with van der Waals surface area (Å²) in [4.78, 5) is 15.0. The van der Waals surface area contributed by atoms with Gasteiger partial charge in [-0.15, -0.1) is 0 Å². The van der Waals surface area contributed by atoms with E-state index in [0.29, 0.717) is 4.48 Å². The highest BCUT2D eigenvalue weighted by molar-refractivity contribution is 7.92. The van der Waals surface area contributed by atoms with Crippen LogP contribution in [-0.4, -0.2) is 75.6 Å². The number of amides is 1. The zero-order valence-electron chi connectivity index (χ0n) is 17.0. The van der Waals surface area contributed by atoms with Crippen LogP contribution in [0.1, 0.15) is 0 Å². The van der Waals surface area contributed by atoms with Gasteiger partial charge in [-0.3, -0.25) is 14.4 Å². The zero-order chi connectivity index (χ0) is 21.1. The van der Waals surface area contributed by atoms with E-state index in [0.717, 1.165) is 26.2 Å². The number of carbonyl (C=O) groups excluding carboxylic acids is 1. The molecule has 3 rings (SSSR count). The third kappa shape index (κ3) is 5.85. The van der Waals surface area contributed by atoms with E-state index in [9.17, 15) is 18.3 Å². The molecule has 1 heterocycles. The van der Waals surface area contributed by atoms with Crippen molar-refractivity contribution in [3.63, 3.8) is 0 Å². The van der Waals surface area contributed by atoms with Crippen molar-refractivity contribution >= 4 is 27.3 Å². The number of halogens is 1. The number of aromatic hydroxyl groups is 1. The number of carbonyl (C=O) groups is 1. The Labute approximate surface area is 183 Å². The summed E-state index contributed by atoms with van der Waals surface area (Å²) >= 11 is 0. The molecule has 0 spiro atoms. The fraction of sp³-hybridized carbons (Fsp3) is 0.350. The molecule has 1 aliphatic heterocycles. The minimum absolute atomic E-state index is 0. The maximum absolute atomic E-state index is 12.7. The first kappa shape index (κ1) is 23.9. The van der Waals surface area contributed by atoms with Gasteiger partial charge in [-0.2, -0.15) is 0 Å². The average molecular weight is 455 g/mol. The quantitative estimate of drug-likeness (QED) is 0.365. The van der Waals surface area contributed by atoms with E-state index >= 15 is 0 Å². The highest BCUT2D eigenvalue weighted by Crippen LogP contribution is 2.33. The molecule has 1 amide bonds. The third-order valence-electron chi connectivity index (χ3n) is 5.17. The summed E-state index contributed by atoms with van der Waals surface area (Å²) in [6, 6.07) is 12.3. The van der Waals surface area contributed by atoms with E-state index in [1.807, 2.05) is 7.05 Å². The van der Waals surface area contributed by atoms with Crippen LogP contribution in [0.3, 0.4) is 0 Å². The van der Waals surface area contributed by atoms with Crippen molar-refractivity contribution in [2.24, 2.45) is 0 Å². The first-order chi connectivity index (χ1) is 13.7. The maximum Gasteiger partial charge on any atom is 0.279 e. The topological polar surface area (TPSA) is 98.7 Å². The second-order valence-corrected chi connectivity index (χ2v) is 9.38. The molecule has 0 unspecified atom stereocenters. The summed E-state index contributed by atoms with van der Waals surface area (Å²) in [6.07, 6.45) is 0. The molecule has 2 aromatic rings. The Hall–Kier alpha value is -2.33.